The summed E-state index contributed by atoms with van der Waals surface area (Å²) in [5.41, 5.74) is 1.07. The lowest BCUT2D eigenvalue weighted by Crippen LogP contribution is -2.23. The van der Waals surface area contributed by atoms with Gasteiger partial charge in [0.15, 0.2) is 0 Å². The molecule has 0 fully saturated rings. The number of aromatic nitrogens is 4. The van der Waals surface area contributed by atoms with Gasteiger partial charge < -0.3 is 14.6 Å². The highest BCUT2D eigenvalue weighted by Crippen LogP contribution is 2.10. The van der Waals surface area contributed by atoms with Gasteiger partial charge in [-0.15, -0.1) is 0 Å². The number of nitrogens with one attached hydrogen (secondary N) is 1. The van der Waals surface area contributed by atoms with E-state index in [0.717, 1.165) is 5.56 Å². The summed E-state index contributed by atoms with van der Waals surface area (Å²) in [6.07, 6.45) is 4.64. The van der Waals surface area contributed by atoms with Crippen molar-refractivity contribution in [1.82, 2.24) is 19.3 Å². The lowest BCUT2D eigenvalue weighted by Gasteiger charge is -2.10. The molecule has 3 rings (SSSR count). The number of carbonyl (C=O) groups excluding carboxylic acids is 2. The van der Waals surface area contributed by atoms with Crippen LogP contribution in [0.25, 0.3) is 0 Å². The Hall–Kier alpha value is -3.42. The van der Waals surface area contributed by atoms with Gasteiger partial charge in [0.05, 0.1) is 19.3 Å². The number of benzene rings is 1. The van der Waals surface area contributed by atoms with Gasteiger partial charge in [-0.2, -0.15) is 5.10 Å². The minimum Gasteiger partial charge on any atom is -0.460 e. The van der Waals surface area contributed by atoms with Crippen LogP contribution in [0.5, 0.6) is 0 Å². The zero-order valence-electron chi connectivity index (χ0n) is 14.3. The molecule has 1 N–H and O–H groups in total. The third-order valence-electron chi connectivity index (χ3n) is 3.65. The predicted molar refractivity (Wildman–Crippen MR) is 94.6 cm³/mol. The Balaban J connectivity index is 1.66. The molecule has 2 heterocycles. The molecule has 26 heavy (non-hydrogen) atoms. The lowest BCUT2D eigenvalue weighted by atomic mass is 10.2. The zero-order valence-corrected chi connectivity index (χ0v) is 14.3. The largest absolute Gasteiger partial charge is 0.460 e. The van der Waals surface area contributed by atoms with Crippen LogP contribution < -0.4 is 5.32 Å². The number of esters is 1. The normalized spacial score (nSPS) is 10.5. The summed E-state index contributed by atoms with van der Waals surface area (Å²) in [6.45, 7) is 2.45. The highest BCUT2D eigenvalue weighted by Gasteiger charge is 2.16. The average molecular weight is 353 g/mol. The average Bonchev–Trinajstić information content (AvgIpc) is 3.26. The van der Waals surface area contributed by atoms with Crippen LogP contribution in [0.3, 0.4) is 0 Å². The molecule has 0 atom stereocenters. The fraction of sp³-hybridized carbons (Fsp3) is 0.222. The summed E-state index contributed by atoms with van der Waals surface area (Å²) >= 11 is 0. The van der Waals surface area contributed by atoms with Crippen molar-refractivity contribution in [3.05, 3.63) is 66.4 Å². The van der Waals surface area contributed by atoms with Crippen molar-refractivity contribution < 1.29 is 14.3 Å². The number of amides is 1. The van der Waals surface area contributed by atoms with Crippen molar-refractivity contribution in [2.45, 2.75) is 20.0 Å². The van der Waals surface area contributed by atoms with Crippen LogP contribution in [-0.2, 0) is 22.6 Å². The molecule has 0 saturated carbocycles. The summed E-state index contributed by atoms with van der Waals surface area (Å²) in [7, 11) is 0. The standard InChI is InChI=1S/C18H19N5O3/c1-2-26-18(25)17-19-10-11-22(17)13-16(24)21-15-8-9-20-23(15)12-14-6-4-3-5-7-14/h3-11H,2,12-13H2,1H3,(H,21,24). The maximum Gasteiger partial charge on any atom is 0.374 e. The molecule has 3 aromatic rings. The van der Waals surface area contributed by atoms with Crippen molar-refractivity contribution in [2.75, 3.05) is 11.9 Å². The van der Waals surface area contributed by atoms with Crippen LogP contribution in [0.2, 0.25) is 0 Å². The van der Waals surface area contributed by atoms with E-state index in [2.05, 4.69) is 15.4 Å². The van der Waals surface area contributed by atoms with Crippen LogP contribution in [0, 0.1) is 0 Å². The van der Waals surface area contributed by atoms with Crippen molar-refractivity contribution in [1.29, 1.82) is 0 Å². The summed E-state index contributed by atoms with van der Waals surface area (Å²) in [4.78, 5) is 28.1. The van der Waals surface area contributed by atoms with Crippen molar-refractivity contribution in [2.24, 2.45) is 0 Å². The fourth-order valence-corrected chi connectivity index (χ4v) is 2.48. The Labute approximate surface area is 150 Å². The topological polar surface area (TPSA) is 91.0 Å². The van der Waals surface area contributed by atoms with Crippen LogP contribution in [0.4, 0.5) is 5.82 Å². The minimum absolute atomic E-state index is 0.0509. The first kappa shape index (κ1) is 17.4. The summed E-state index contributed by atoms with van der Waals surface area (Å²) in [5.74, 6) is -0.167. The zero-order chi connectivity index (χ0) is 18.4. The second-order valence-electron chi connectivity index (χ2n) is 5.51. The van der Waals surface area contributed by atoms with Crippen molar-refractivity contribution in [3.63, 3.8) is 0 Å². The lowest BCUT2D eigenvalue weighted by molar-refractivity contribution is -0.116. The maximum atomic E-state index is 12.4. The molecule has 0 unspecified atom stereocenters. The van der Waals surface area contributed by atoms with E-state index in [1.54, 1.807) is 30.1 Å². The molecular weight excluding hydrogens is 334 g/mol. The molecule has 134 valence electrons. The van der Waals surface area contributed by atoms with Gasteiger partial charge >= 0.3 is 5.97 Å². The molecule has 0 aliphatic rings. The maximum absolute atomic E-state index is 12.4. The number of carbonyl (C=O) groups is 2. The fourth-order valence-electron chi connectivity index (χ4n) is 2.48. The van der Waals surface area contributed by atoms with Gasteiger partial charge in [0.2, 0.25) is 11.7 Å². The molecule has 0 saturated heterocycles. The summed E-state index contributed by atoms with van der Waals surface area (Å²) in [6, 6.07) is 11.6. The summed E-state index contributed by atoms with van der Waals surface area (Å²) in [5, 5.41) is 7.05. The Morgan fingerprint density at radius 1 is 1.15 bits per heavy atom. The van der Waals surface area contributed by atoms with Gasteiger partial charge in [0.1, 0.15) is 12.4 Å². The number of nitrogens with zero attached hydrogens (tertiary/aromatic N) is 4. The third kappa shape index (κ3) is 4.15. The van der Waals surface area contributed by atoms with E-state index in [-0.39, 0.29) is 24.9 Å². The number of hydrogen-bond donors (Lipinski definition) is 1. The van der Waals surface area contributed by atoms with E-state index in [0.29, 0.717) is 12.4 Å². The molecular formula is C18H19N5O3. The van der Waals surface area contributed by atoms with Crippen LogP contribution in [0.1, 0.15) is 23.1 Å². The SMILES string of the molecule is CCOC(=O)c1nccn1CC(=O)Nc1ccnn1Cc1ccccc1. The molecule has 0 spiro atoms. The first-order valence-corrected chi connectivity index (χ1v) is 8.21. The molecule has 0 aliphatic heterocycles. The van der Waals surface area contributed by atoms with E-state index >= 15 is 0 Å². The second-order valence-corrected chi connectivity index (χ2v) is 5.51. The Morgan fingerprint density at radius 3 is 2.73 bits per heavy atom. The van der Waals surface area contributed by atoms with Crippen molar-refractivity contribution in [3.8, 4) is 0 Å². The number of imidazole rings is 1. The minimum atomic E-state index is -0.556. The quantitative estimate of drug-likeness (QED) is 0.656. The molecule has 1 amide bonds. The predicted octanol–water partition coefficient (Wildman–Crippen LogP) is 1.94. The molecule has 0 radical (unpaired) electrons. The van der Waals surface area contributed by atoms with Crippen LogP contribution in [-0.4, -0.2) is 37.8 Å². The molecule has 8 nitrogen and oxygen atoms in total. The van der Waals surface area contributed by atoms with E-state index in [9.17, 15) is 9.59 Å². The van der Waals surface area contributed by atoms with Gasteiger partial charge in [-0.1, -0.05) is 30.3 Å². The van der Waals surface area contributed by atoms with Gasteiger partial charge in [-0.25, -0.2) is 14.5 Å². The Bertz CT molecular complexity index is 885. The van der Waals surface area contributed by atoms with Crippen LogP contribution >= 0.6 is 0 Å². The third-order valence-corrected chi connectivity index (χ3v) is 3.65. The molecule has 8 heteroatoms. The Morgan fingerprint density at radius 2 is 1.96 bits per heavy atom. The monoisotopic (exact) mass is 353 g/mol. The Kier molecular flexibility index (Phi) is 5.43. The van der Waals surface area contributed by atoms with Gasteiger partial charge in [0, 0.05) is 18.5 Å². The van der Waals surface area contributed by atoms with E-state index in [4.69, 9.17) is 4.74 Å². The van der Waals surface area contributed by atoms with Gasteiger partial charge in [0.25, 0.3) is 0 Å². The first-order valence-electron chi connectivity index (χ1n) is 8.21. The van der Waals surface area contributed by atoms with E-state index in [1.807, 2.05) is 30.3 Å². The number of anilines is 1. The number of hydrogen-bond acceptors (Lipinski definition) is 5. The smallest absolute Gasteiger partial charge is 0.374 e. The van der Waals surface area contributed by atoms with Gasteiger partial charge in [-0.3, -0.25) is 4.79 Å². The van der Waals surface area contributed by atoms with Crippen LogP contribution in [0.15, 0.2) is 55.0 Å². The van der Waals surface area contributed by atoms with Crippen molar-refractivity contribution >= 4 is 17.7 Å². The first-order chi connectivity index (χ1) is 12.7. The van der Waals surface area contributed by atoms with E-state index in [1.165, 1.54) is 10.8 Å². The molecule has 0 aliphatic carbocycles. The molecule has 0 bridgehead atoms. The summed E-state index contributed by atoms with van der Waals surface area (Å²) < 4.78 is 8.08. The highest BCUT2D eigenvalue weighted by atomic mass is 16.5. The number of rotatable bonds is 7. The van der Waals surface area contributed by atoms with E-state index < -0.39 is 5.97 Å². The number of ether oxygens (including phenoxy) is 1. The second kappa shape index (κ2) is 8.11. The molecule has 2 aromatic heterocycles. The highest BCUT2D eigenvalue weighted by molar-refractivity contribution is 5.91. The molecule has 1 aromatic carbocycles. The van der Waals surface area contributed by atoms with Gasteiger partial charge in [-0.05, 0) is 12.5 Å².